The molecule has 4 aliphatic carbocycles. The van der Waals surface area contributed by atoms with Crippen LogP contribution in [0.15, 0.2) is 0 Å². The molecule has 0 amide bonds. The van der Waals surface area contributed by atoms with Gasteiger partial charge in [-0.25, -0.2) is 0 Å². The van der Waals surface area contributed by atoms with Crippen molar-refractivity contribution in [1.29, 1.82) is 0 Å². The van der Waals surface area contributed by atoms with Gasteiger partial charge in [0.25, 0.3) is 0 Å². The predicted octanol–water partition coefficient (Wildman–Crippen LogP) is 7.73. The smallest absolute Gasteiger partial charge is 0.662 e. The summed E-state index contributed by atoms with van der Waals surface area (Å²) in [7, 11) is 7.71. The van der Waals surface area contributed by atoms with Crippen molar-refractivity contribution in [3.8, 4) is 0 Å². The van der Waals surface area contributed by atoms with Crippen molar-refractivity contribution in [3.63, 3.8) is 0 Å². The second-order valence-electron chi connectivity index (χ2n) is 8.79. The maximum atomic E-state index is 4.19. The third kappa shape index (κ3) is 15.1. The van der Waals surface area contributed by atoms with Gasteiger partial charge in [0.2, 0.25) is 0 Å². The van der Waals surface area contributed by atoms with Gasteiger partial charge in [0.05, 0.1) is 0 Å². The Hall–Kier alpha value is 0.554. The molecular weight excluding hydrogens is 392 g/mol. The van der Waals surface area contributed by atoms with Crippen LogP contribution in [0.1, 0.15) is 103 Å². The van der Waals surface area contributed by atoms with E-state index in [0.29, 0.717) is 0 Å². The van der Waals surface area contributed by atoms with Crippen LogP contribution in [-0.2, 0) is 21.7 Å². The molecule has 4 rings (SSSR count). The molecule has 29 heavy (non-hydrogen) atoms. The molecule has 0 bridgehead atoms. The largest absolute Gasteiger partial charge is 4.00 e. The van der Waals surface area contributed by atoms with Gasteiger partial charge in [0, 0.05) is 0 Å². The van der Waals surface area contributed by atoms with Crippen LogP contribution in [0, 0.1) is 0 Å². The molecule has 0 aromatic carbocycles. The zero-order valence-corrected chi connectivity index (χ0v) is 21.5. The van der Waals surface area contributed by atoms with E-state index >= 15 is 0 Å². The molecule has 0 aliphatic heterocycles. The van der Waals surface area contributed by atoms with Gasteiger partial charge in [0.1, 0.15) is 0 Å². The Bertz CT molecular complexity index is 255. The standard InChI is InChI=1S/4C6H12N.Ti/c4*1-7-6-4-2-3-5-6;/h4*6H,2-5H2,1H3;/q4*-1;+4. The molecular formula is C24H48N4Ti. The van der Waals surface area contributed by atoms with E-state index in [9.17, 15) is 0 Å². The minimum Gasteiger partial charge on any atom is -0.662 e. The summed E-state index contributed by atoms with van der Waals surface area (Å²) in [5, 5.41) is 16.8. The minimum absolute atomic E-state index is 0. The first-order valence-electron chi connectivity index (χ1n) is 12.1. The summed E-state index contributed by atoms with van der Waals surface area (Å²) >= 11 is 0. The molecule has 0 unspecified atom stereocenters. The van der Waals surface area contributed by atoms with Crippen LogP contribution in [0.3, 0.4) is 0 Å². The molecule has 0 aromatic heterocycles. The summed E-state index contributed by atoms with van der Waals surface area (Å²) in [6.45, 7) is 0. The summed E-state index contributed by atoms with van der Waals surface area (Å²) in [4.78, 5) is 0. The van der Waals surface area contributed by atoms with Gasteiger partial charge in [0.15, 0.2) is 0 Å². The molecule has 0 radical (unpaired) electrons. The van der Waals surface area contributed by atoms with Crippen molar-refractivity contribution in [3.05, 3.63) is 21.3 Å². The van der Waals surface area contributed by atoms with Crippen molar-refractivity contribution in [2.24, 2.45) is 0 Å². The van der Waals surface area contributed by atoms with E-state index in [-0.39, 0.29) is 21.7 Å². The predicted molar refractivity (Wildman–Crippen MR) is 126 cm³/mol. The molecule has 0 spiro atoms. The van der Waals surface area contributed by atoms with Crippen LogP contribution in [0.2, 0.25) is 0 Å². The minimum atomic E-state index is 0. The Morgan fingerprint density at radius 1 is 0.345 bits per heavy atom. The van der Waals surface area contributed by atoms with Crippen molar-refractivity contribution in [1.82, 2.24) is 0 Å². The Morgan fingerprint density at radius 2 is 0.483 bits per heavy atom. The summed E-state index contributed by atoms with van der Waals surface area (Å²) in [5.74, 6) is 0. The van der Waals surface area contributed by atoms with Crippen LogP contribution in [0.25, 0.3) is 21.3 Å². The van der Waals surface area contributed by atoms with E-state index in [1.807, 2.05) is 28.2 Å². The zero-order valence-electron chi connectivity index (χ0n) is 19.9. The van der Waals surface area contributed by atoms with Gasteiger partial charge in [-0.3, -0.25) is 0 Å². The molecule has 168 valence electrons. The molecule has 0 aromatic rings. The second-order valence-corrected chi connectivity index (χ2v) is 8.79. The number of hydrogen-bond donors (Lipinski definition) is 0. The molecule has 4 fully saturated rings. The van der Waals surface area contributed by atoms with Crippen molar-refractivity contribution in [2.75, 3.05) is 28.2 Å². The SMILES string of the molecule is C[N-]C1CCCC1.C[N-]C1CCCC1.C[N-]C1CCCC1.C[N-]C1CCCC1.[Ti+4]. The van der Waals surface area contributed by atoms with Gasteiger partial charge in [-0.1, -0.05) is 103 Å². The van der Waals surface area contributed by atoms with E-state index in [2.05, 4.69) is 21.3 Å². The zero-order chi connectivity index (χ0) is 20.5. The van der Waals surface area contributed by atoms with Gasteiger partial charge < -0.3 is 21.3 Å². The summed E-state index contributed by atoms with van der Waals surface area (Å²) in [5.41, 5.74) is 0. The van der Waals surface area contributed by atoms with Gasteiger partial charge >= 0.3 is 21.7 Å². The third-order valence-electron chi connectivity index (χ3n) is 6.76. The molecule has 4 aliphatic rings. The Balaban J connectivity index is 0.000000356. The molecule has 0 saturated heterocycles. The van der Waals surface area contributed by atoms with Crippen LogP contribution in [0.5, 0.6) is 0 Å². The van der Waals surface area contributed by atoms with E-state index < -0.39 is 0 Å². The Labute approximate surface area is 197 Å². The van der Waals surface area contributed by atoms with Gasteiger partial charge in [-0.15, -0.1) is 24.2 Å². The first kappa shape index (κ1) is 29.6. The van der Waals surface area contributed by atoms with Crippen molar-refractivity contribution < 1.29 is 21.7 Å². The Morgan fingerprint density at radius 3 is 0.552 bits per heavy atom. The van der Waals surface area contributed by atoms with Gasteiger partial charge in [-0.2, -0.15) is 28.2 Å². The molecule has 4 nitrogen and oxygen atoms in total. The maximum Gasteiger partial charge on any atom is 4.00 e. The van der Waals surface area contributed by atoms with E-state index in [0.717, 1.165) is 24.2 Å². The molecule has 0 atom stereocenters. The molecule has 0 heterocycles. The second kappa shape index (κ2) is 20.5. The molecule has 4 saturated carbocycles. The van der Waals surface area contributed by atoms with Gasteiger partial charge in [-0.05, 0) is 0 Å². The van der Waals surface area contributed by atoms with Crippen molar-refractivity contribution in [2.45, 2.75) is 127 Å². The Kier molecular flexibility index (Phi) is 20.8. The fourth-order valence-corrected chi connectivity index (χ4v) is 4.65. The van der Waals surface area contributed by atoms with E-state index in [1.165, 1.54) is 103 Å². The van der Waals surface area contributed by atoms with Crippen LogP contribution in [0.4, 0.5) is 0 Å². The molecule has 5 heteroatoms. The quantitative estimate of drug-likeness (QED) is 0.402. The first-order chi connectivity index (χ1) is 13.7. The number of rotatable bonds is 4. The fourth-order valence-electron chi connectivity index (χ4n) is 4.65. The van der Waals surface area contributed by atoms with Crippen LogP contribution < -0.4 is 0 Å². The number of nitrogens with zero attached hydrogens (tertiary/aromatic N) is 4. The first-order valence-corrected chi connectivity index (χ1v) is 12.1. The average Bonchev–Trinajstić information content (AvgIpc) is 3.57. The van der Waals surface area contributed by atoms with E-state index in [1.54, 1.807) is 0 Å². The average molecular weight is 441 g/mol. The van der Waals surface area contributed by atoms with Crippen molar-refractivity contribution >= 4 is 0 Å². The summed E-state index contributed by atoms with van der Waals surface area (Å²) < 4.78 is 0. The van der Waals surface area contributed by atoms with Crippen LogP contribution in [-0.4, -0.2) is 52.4 Å². The molecule has 0 N–H and O–H groups in total. The van der Waals surface area contributed by atoms with Crippen LogP contribution >= 0.6 is 0 Å². The third-order valence-corrected chi connectivity index (χ3v) is 6.76. The van der Waals surface area contributed by atoms with E-state index in [4.69, 9.17) is 0 Å². The number of hydrogen-bond acceptors (Lipinski definition) is 0. The topological polar surface area (TPSA) is 56.4 Å². The fraction of sp³-hybridized carbons (Fsp3) is 1.00. The maximum absolute atomic E-state index is 4.19. The summed E-state index contributed by atoms with van der Waals surface area (Å²) in [6.07, 6.45) is 22.0. The normalized spacial score (nSPS) is 22.8. The summed E-state index contributed by atoms with van der Waals surface area (Å²) in [6, 6.07) is 2.89. The monoisotopic (exact) mass is 440 g/mol.